The van der Waals surface area contributed by atoms with Crippen molar-refractivity contribution >= 4 is 17.8 Å². The fourth-order valence-electron chi connectivity index (χ4n) is 3.02. The second-order valence-corrected chi connectivity index (χ2v) is 7.73. The highest BCUT2D eigenvalue weighted by molar-refractivity contribution is 5.92. The molecule has 0 aromatic heterocycles. The van der Waals surface area contributed by atoms with Gasteiger partial charge in [-0.15, -0.1) is 0 Å². The molecule has 0 aromatic carbocycles. The molecule has 2 amide bonds. The molecule has 26 heavy (non-hydrogen) atoms. The van der Waals surface area contributed by atoms with E-state index < -0.39 is 29.6 Å². The van der Waals surface area contributed by atoms with E-state index in [0.717, 1.165) is 19.3 Å². The Bertz CT molecular complexity index is 490. The zero-order valence-corrected chi connectivity index (χ0v) is 16.3. The Balaban J connectivity index is 2.89. The molecule has 1 rings (SSSR count). The SMILES string of the molecule is CCCCC[C@H](CC(=O)NO)C(=O)[C@@H]1CNCCN1C(=O)OC(C)(C)C. The van der Waals surface area contributed by atoms with E-state index in [1.54, 1.807) is 26.3 Å². The van der Waals surface area contributed by atoms with Gasteiger partial charge in [-0.3, -0.25) is 19.7 Å². The molecular weight excluding hydrogens is 338 g/mol. The van der Waals surface area contributed by atoms with Gasteiger partial charge in [0, 0.05) is 32.0 Å². The van der Waals surface area contributed by atoms with Crippen LogP contribution in [0.2, 0.25) is 0 Å². The summed E-state index contributed by atoms with van der Waals surface area (Å²) in [5.74, 6) is -1.29. The Morgan fingerprint density at radius 1 is 1.31 bits per heavy atom. The fraction of sp³-hybridized carbons (Fsp3) is 0.833. The number of ether oxygens (including phenoxy) is 1. The standard InChI is InChI=1S/C18H33N3O5/c1-5-6-7-8-13(11-15(22)20-25)16(23)14-12-19-9-10-21(14)17(24)26-18(2,3)4/h13-14,19,25H,5-12H2,1-4H3,(H,20,22)/t13-,14+/m1/s1. The number of amides is 2. The van der Waals surface area contributed by atoms with E-state index in [4.69, 9.17) is 9.94 Å². The van der Waals surface area contributed by atoms with Crippen LogP contribution < -0.4 is 10.8 Å². The molecule has 3 N–H and O–H groups in total. The minimum Gasteiger partial charge on any atom is -0.444 e. The Labute approximate surface area is 155 Å². The van der Waals surface area contributed by atoms with Crippen LogP contribution in [-0.2, 0) is 14.3 Å². The van der Waals surface area contributed by atoms with Gasteiger partial charge in [-0.2, -0.15) is 0 Å². The first-order valence-electron chi connectivity index (χ1n) is 9.36. The summed E-state index contributed by atoms with van der Waals surface area (Å²) < 4.78 is 5.43. The van der Waals surface area contributed by atoms with Crippen molar-refractivity contribution in [2.75, 3.05) is 19.6 Å². The first kappa shape index (κ1) is 22.4. The minimum atomic E-state index is -0.670. The van der Waals surface area contributed by atoms with E-state index >= 15 is 0 Å². The van der Waals surface area contributed by atoms with Gasteiger partial charge in [0.1, 0.15) is 11.6 Å². The van der Waals surface area contributed by atoms with E-state index in [9.17, 15) is 14.4 Å². The van der Waals surface area contributed by atoms with Gasteiger partial charge in [0.2, 0.25) is 5.91 Å². The highest BCUT2D eigenvalue weighted by Gasteiger charge is 2.38. The molecule has 1 aliphatic heterocycles. The Kier molecular flexibility index (Phi) is 9.01. The van der Waals surface area contributed by atoms with Crippen molar-refractivity contribution < 1.29 is 24.3 Å². The predicted octanol–water partition coefficient (Wildman–Crippen LogP) is 1.86. The lowest BCUT2D eigenvalue weighted by molar-refractivity contribution is -0.136. The zero-order valence-electron chi connectivity index (χ0n) is 16.3. The van der Waals surface area contributed by atoms with E-state index in [1.165, 1.54) is 4.90 Å². The highest BCUT2D eigenvalue weighted by atomic mass is 16.6. The van der Waals surface area contributed by atoms with Gasteiger partial charge in [0.25, 0.3) is 0 Å². The average Bonchev–Trinajstić information content (AvgIpc) is 2.58. The fourth-order valence-corrected chi connectivity index (χ4v) is 3.02. The van der Waals surface area contributed by atoms with E-state index in [2.05, 4.69) is 12.2 Å². The lowest BCUT2D eigenvalue weighted by Gasteiger charge is -2.37. The molecule has 0 saturated carbocycles. The zero-order chi connectivity index (χ0) is 19.7. The number of Topliss-reactive ketones (excluding diaryl/α,β-unsaturated/α-hetero) is 1. The molecule has 0 aromatic rings. The largest absolute Gasteiger partial charge is 0.444 e. The van der Waals surface area contributed by atoms with Crippen LogP contribution in [0, 0.1) is 5.92 Å². The number of nitrogens with zero attached hydrogens (tertiary/aromatic N) is 1. The molecule has 1 saturated heterocycles. The molecule has 0 spiro atoms. The van der Waals surface area contributed by atoms with Crippen molar-refractivity contribution in [3.8, 4) is 0 Å². The molecular formula is C18H33N3O5. The molecule has 2 atom stereocenters. The molecule has 8 nitrogen and oxygen atoms in total. The van der Waals surface area contributed by atoms with Crippen LogP contribution >= 0.6 is 0 Å². The normalized spacial score (nSPS) is 19.0. The number of nitrogens with one attached hydrogen (secondary N) is 2. The summed E-state index contributed by atoms with van der Waals surface area (Å²) in [5.41, 5.74) is 0.951. The van der Waals surface area contributed by atoms with Crippen LogP contribution in [0.25, 0.3) is 0 Å². The summed E-state index contributed by atoms with van der Waals surface area (Å²) in [6, 6.07) is -0.670. The van der Waals surface area contributed by atoms with E-state index in [-0.39, 0.29) is 12.2 Å². The molecule has 150 valence electrons. The number of carbonyl (C=O) groups excluding carboxylic acids is 3. The molecule has 0 bridgehead atoms. The maximum absolute atomic E-state index is 13.1. The molecule has 1 fully saturated rings. The van der Waals surface area contributed by atoms with E-state index in [0.29, 0.717) is 26.1 Å². The van der Waals surface area contributed by atoms with Crippen LogP contribution in [0.5, 0.6) is 0 Å². The van der Waals surface area contributed by atoms with Gasteiger partial charge >= 0.3 is 6.09 Å². The summed E-state index contributed by atoms with van der Waals surface area (Å²) in [6.07, 6.45) is 2.73. The lowest BCUT2D eigenvalue weighted by atomic mass is 9.88. The molecule has 0 radical (unpaired) electrons. The quantitative estimate of drug-likeness (QED) is 0.341. The lowest BCUT2D eigenvalue weighted by Crippen LogP contribution is -2.59. The van der Waals surface area contributed by atoms with Crippen molar-refractivity contribution in [1.82, 2.24) is 15.7 Å². The predicted molar refractivity (Wildman–Crippen MR) is 96.8 cm³/mol. The Hall–Kier alpha value is -1.67. The second-order valence-electron chi connectivity index (χ2n) is 7.73. The second kappa shape index (κ2) is 10.5. The van der Waals surface area contributed by atoms with Crippen LogP contribution in [0.1, 0.15) is 59.8 Å². The first-order valence-corrected chi connectivity index (χ1v) is 9.36. The topological polar surface area (TPSA) is 108 Å². The third-order valence-corrected chi connectivity index (χ3v) is 4.31. The maximum atomic E-state index is 13.1. The van der Waals surface area contributed by atoms with Gasteiger partial charge in [-0.1, -0.05) is 26.2 Å². The smallest absolute Gasteiger partial charge is 0.410 e. The number of carbonyl (C=O) groups is 3. The maximum Gasteiger partial charge on any atom is 0.410 e. The number of hydrogen-bond acceptors (Lipinski definition) is 6. The summed E-state index contributed by atoms with van der Waals surface area (Å²) in [6.45, 7) is 8.70. The third-order valence-electron chi connectivity index (χ3n) is 4.31. The van der Waals surface area contributed by atoms with E-state index in [1.807, 2.05) is 0 Å². The number of hydrogen-bond donors (Lipinski definition) is 3. The number of rotatable bonds is 8. The van der Waals surface area contributed by atoms with Crippen LogP contribution in [0.15, 0.2) is 0 Å². The average molecular weight is 371 g/mol. The molecule has 0 unspecified atom stereocenters. The number of unbranched alkanes of at least 4 members (excludes halogenated alkanes) is 2. The summed E-state index contributed by atoms with van der Waals surface area (Å²) in [7, 11) is 0. The van der Waals surface area contributed by atoms with Crippen LogP contribution in [-0.4, -0.2) is 59.2 Å². The van der Waals surface area contributed by atoms with Gasteiger partial charge < -0.3 is 10.1 Å². The number of piperazine rings is 1. The third kappa shape index (κ3) is 7.29. The first-order chi connectivity index (χ1) is 12.2. The van der Waals surface area contributed by atoms with Gasteiger partial charge in [0.15, 0.2) is 5.78 Å². The van der Waals surface area contributed by atoms with Crippen molar-refractivity contribution in [1.29, 1.82) is 0 Å². The number of ketones is 1. The highest BCUT2D eigenvalue weighted by Crippen LogP contribution is 2.21. The Morgan fingerprint density at radius 3 is 2.58 bits per heavy atom. The van der Waals surface area contributed by atoms with Crippen LogP contribution in [0.4, 0.5) is 4.79 Å². The van der Waals surface area contributed by atoms with Crippen LogP contribution in [0.3, 0.4) is 0 Å². The molecule has 8 heteroatoms. The van der Waals surface area contributed by atoms with Crippen molar-refractivity contribution in [2.24, 2.45) is 5.92 Å². The molecule has 1 heterocycles. The summed E-state index contributed by atoms with van der Waals surface area (Å²) in [4.78, 5) is 38.6. The van der Waals surface area contributed by atoms with Crippen molar-refractivity contribution in [2.45, 2.75) is 71.4 Å². The van der Waals surface area contributed by atoms with Crippen molar-refractivity contribution in [3.63, 3.8) is 0 Å². The number of hydroxylamine groups is 1. The molecule has 0 aliphatic carbocycles. The van der Waals surface area contributed by atoms with Gasteiger partial charge in [-0.25, -0.2) is 10.3 Å². The molecule has 1 aliphatic rings. The van der Waals surface area contributed by atoms with Crippen molar-refractivity contribution in [3.05, 3.63) is 0 Å². The minimum absolute atomic E-state index is 0.0856. The summed E-state index contributed by atoms with van der Waals surface area (Å²) >= 11 is 0. The van der Waals surface area contributed by atoms with Gasteiger partial charge in [-0.05, 0) is 27.2 Å². The monoisotopic (exact) mass is 371 g/mol. The Morgan fingerprint density at radius 2 is 2.00 bits per heavy atom. The van der Waals surface area contributed by atoms with Gasteiger partial charge in [0.05, 0.1) is 0 Å². The summed E-state index contributed by atoms with van der Waals surface area (Å²) in [5, 5.41) is 11.9.